The van der Waals surface area contributed by atoms with E-state index in [0.717, 1.165) is 40.9 Å². The van der Waals surface area contributed by atoms with E-state index < -0.39 is 35.4 Å². The molecule has 1 aliphatic carbocycles. The third-order valence-electron chi connectivity index (χ3n) is 7.67. The molecule has 2 aliphatic rings. The number of pyridine rings is 1. The fraction of sp³-hybridized carbons (Fsp3) is 0.333. The highest BCUT2D eigenvalue weighted by Gasteiger charge is 2.41. The Morgan fingerprint density at radius 1 is 1.22 bits per heavy atom. The van der Waals surface area contributed by atoms with Gasteiger partial charge in [0.15, 0.2) is 5.82 Å². The van der Waals surface area contributed by atoms with Crippen molar-refractivity contribution in [1.82, 2.24) is 29.8 Å². The number of rotatable bonds is 5. The van der Waals surface area contributed by atoms with Crippen LogP contribution in [-0.2, 0) is 12.6 Å². The number of carbonyl (C=O) groups is 1. The molecule has 0 saturated carbocycles. The zero-order valence-corrected chi connectivity index (χ0v) is 22.4. The lowest BCUT2D eigenvalue weighted by molar-refractivity contribution is -0.136. The molecule has 3 N–H and O–H groups in total. The number of methoxy groups -OCH3 is 1. The molecule has 4 heterocycles. The summed E-state index contributed by atoms with van der Waals surface area (Å²) in [5, 5.41) is 7.30. The van der Waals surface area contributed by atoms with Gasteiger partial charge in [-0.15, -0.1) is 0 Å². The normalized spacial score (nSPS) is 20.9. The van der Waals surface area contributed by atoms with Crippen molar-refractivity contribution in [1.29, 1.82) is 0 Å². The van der Waals surface area contributed by atoms with Crippen molar-refractivity contribution in [3.05, 3.63) is 70.1 Å². The van der Waals surface area contributed by atoms with Crippen molar-refractivity contribution in [2.24, 2.45) is 0 Å². The number of nitrogens with zero attached hydrogens (tertiary/aromatic N) is 5. The minimum absolute atomic E-state index is 0.0159. The van der Waals surface area contributed by atoms with Crippen LogP contribution in [0.5, 0.6) is 5.88 Å². The minimum atomic E-state index is -4.74. The van der Waals surface area contributed by atoms with Gasteiger partial charge in [0.1, 0.15) is 23.6 Å². The van der Waals surface area contributed by atoms with Crippen molar-refractivity contribution in [2.75, 3.05) is 25.9 Å². The van der Waals surface area contributed by atoms with Crippen LogP contribution in [0.3, 0.4) is 0 Å². The van der Waals surface area contributed by atoms with Gasteiger partial charge in [-0.3, -0.25) is 9.69 Å². The van der Waals surface area contributed by atoms with E-state index in [-0.39, 0.29) is 47.7 Å². The number of aromatic nitrogens is 4. The Hall–Kier alpha value is -3.97. The van der Waals surface area contributed by atoms with Crippen LogP contribution in [0.15, 0.2) is 42.9 Å². The number of alkyl halides is 4. The molecule has 9 nitrogen and oxygen atoms in total. The van der Waals surface area contributed by atoms with E-state index in [1.165, 1.54) is 19.4 Å². The molecule has 3 atom stereocenters. The van der Waals surface area contributed by atoms with Crippen molar-refractivity contribution >= 4 is 28.8 Å². The number of nitrogens with one attached hydrogen (secondary N) is 1. The van der Waals surface area contributed by atoms with Crippen LogP contribution in [-0.4, -0.2) is 62.8 Å². The molecule has 41 heavy (non-hydrogen) atoms. The van der Waals surface area contributed by atoms with Gasteiger partial charge in [0, 0.05) is 35.9 Å². The Morgan fingerprint density at radius 3 is 2.78 bits per heavy atom. The number of nitrogen functional groups attached to an aromatic ring is 1. The quantitative estimate of drug-likeness (QED) is 0.330. The van der Waals surface area contributed by atoms with E-state index in [1.807, 2.05) is 23.1 Å². The number of halogens is 5. The number of ether oxygens (including phenoxy) is 1. The maximum atomic E-state index is 15.2. The van der Waals surface area contributed by atoms with E-state index >= 15 is 4.39 Å². The lowest BCUT2D eigenvalue weighted by Gasteiger charge is -2.25. The molecule has 3 aromatic heterocycles. The standard InChI is InChI=1S/C27H24ClF4N7O2/c1-41-26-15(7-14(9-34-26)21-8-16(27(30,31)32)23-24(33)35-12-36-39(21)23)25(40)37-19-11-38(10-18(19)29)20-6-5-13-3-2-4-17(28)22(13)20/h2-4,7-9,12,18-20H,5-6,10-11H2,1H3,(H,37,40)(H2,33,35,36)/t18-,19+,20?/m0/s1. The number of amides is 1. The summed E-state index contributed by atoms with van der Waals surface area (Å²) in [4.78, 5) is 23.2. The summed E-state index contributed by atoms with van der Waals surface area (Å²) >= 11 is 6.46. The third kappa shape index (κ3) is 4.72. The van der Waals surface area contributed by atoms with Crippen molar-refractivity contribution in [3.63, 3.8) is 0 Å². The fourth-order valence-corrected chi connectivity index (χ4v) is 6.13. The highest BCUT2D eigenvalue weighted by atomic mass is 35.5. The molecular formula is C27H24ClF4N7O2. The fourth-order valence-electron chi connectivity index (χ4n) is 5.81. The Balaban J connectivity index is 1.29. The van der Waals surface area contributed by atoms with E-state index in [4.69, 9.17) is 22.1 Å². The number of hydrogen-bond acceptors (Lipinski definition) is 7. The lowest BCUT2D eigenvalue weighted by atomic mass is 10.1. The zero-order chi connectivity index (χ0) is 29.1. The third-order valence-corrected chi connectivity index (χ3v) is 8.00. The molecule has 1 aromatic carbocycles. The van der Waals surface area contributed by atoms with Gasteiger partial charge in [-0.25, -0.2) is 18.9 Å². The average molecular weight is 590 g/mol. The average Bonchev–Trinajstić information content (AvgIpc) is 3.64. The van der Waals surface area contributed by atoms with Crippen molar-refractivity contribution in [3.8, 4) is 17.1 Å². The van der Waals surface area contributed by atoms with Crippen molar-refractivity contribution < 1.29 is 27.1 Å². The predicted octanol–water partition coefficient (Wildman–Crippen LogP) is 4.49. The monoisotopic (exact) mass is 589 g/mol. The van der Waals surface area contributed by atoms with Crippen LogP contribution in [0, 0.1) is 0 Å². The smallest absolute Gasteiger partial charge is 0.418 e. The molecule has 0 radical (unpaired) electrons. The Bertz CT molecular complexity index is 1660. The summed E-state index contributed by atoms with van der Waals surface area (Å²) in [6, 6.07) is 7.03. The van der Waals surface area contributed by atoms with Gasteiger partial charge in [0.05, 0.1) is 24.4 Å². The second-order valence-electron chi connectivity index (χ2n) is 10.0. The Morgan fingerprint density at radius 2 is 2.02 bits per heavy atom. The molecule has 4 aromatic rings. The molecule has 6 rings (SSSR count). The molecule has 1 amide bonds. The first kappa shape index (κ1) is 27.2. The predicted molar refractivity (Wildman–Crippen MR) is 142 cm³/mol. The molecule has 1 fully saturated rings. The summed E-state index contributed by atoms with van der Waals surface area (Å²) in [5.41, 5.74) is 6.47. The van der Waals surface area contributed by atoms with Crippen molar-refractivity contribution in [2.45, 2.75) is 37.3 Å². The van der Waals surface area contributed by atoms with Crippen LogP contribution in [0.4, 0.5) is 23.4 Å². The lowest BCUT2D eigenvalue weighted by Crippen LogP contribution is -2.41. The topological polar surface area (TPSA) is 111 Å². The second kappa shape index (κ2) is 10.1. The number of likely N-dealkylation sites (tertiary alicyclic amines) is 1. The molecule has 0 spiro atoms. The Labute approximate surface area is 236 Å². The number of carbonyl (C=O) groups excluding carboxylic acids is 1. The SMILES string of the molecule is COc1ncc(-c2cc(C(F)(F)F)c3c(N)ncnn23)cc1C(=O)N[C@@H]1CN(C2CCc3cccc(Cl)c32)C[C@@H]1F. The molecule has 214 valence electrons. The first-order valence-corrected chi connectivity index (χ1v) is 13.1. The zero-order valence-electron chi connectivity index (χ0n) is 21.6. The number of aryl methyl sites for hydroxylation is 1. The summed E-state index contributed by atoms with van der Waals surface area (Å²) in [6.45, 7) is 0.374. The number of nitrogens with two attached hydrogens (primary N) is 1. The molecular weight excluding hydrogens is 566 g/mol. The van der Waals surface area contributed by atoms with Gasteiger partial charge in [-0.2, -0.15) is 18.3 Å². The largest absolute Gasteiger partial charge is 0.480 e. The van der Waals surface area contributed by atoms with Crippen LogP contribution >= 0.6 is 11.6 Å². The number of hydrogen-bond donors (Lipinski definition) is 2. The van der Waals surface area contributed by atoms with Gasteiger partial charge in [0.2, 0.25) is 5.88 Å². The molecule has 1 aliphatic heterocycles. The van der Waals surface area contributed by atoms with Crippen LogP contribution in [0.1, 0.15) is 39.5 Å². The Kier molecular flexibility index (Phi) is 6.73. The number of benzene rings is 1. The first-order valence-electron chi connectivity index (χ1n) is 12.8. The first-order chi connectivity index (χ1) is 19.6. The minimum Gasteiger partial charge on any atom is -0.480 e. The summed E-state index contributed by atoms with van der Waals surface area (Å²) in [5.74, 6) is -1.11. The van der Waals surface area contributed by atoms with Crippen LogP contribution in [0.2, 0.25) is 5.02 Å². The summed E-state index contributed by atoms with van der Waals surface area (Å²) in [6.07, 6.45) is -2.17. The van der Waals surface area contributed by atoms with E-state index in [2.05, 4.69) is 20.4 Å². The highest BCUT2D eigenvalue weighted by molar-refractivity contribution is 6.31. The van der Waals surface area contributed by atoms with Crippen LogP contribution in [0.25, 0.3) is 16.8 Å². The van der Waals surface area contributed by atoms with Gasteiger partial charge in [0.25, 0.3) is 5.91 Å². The highest BCUT2D eigenvalue weighted by Crippen LogP contribution is 2.42. The summed E-state index contributed by atoms with van der Waals surface area (Å²) in [7, 11) is 1.30. The van der Waals surface area contributed by atoms with E-state index in [0.29, 0.717) is 5.02 Å². The van der Waals surface area contributed by atoms with E-state index in [9.17, 15) is 18.0 Å². The molecule has 0 bridgehead atoms. The van der Waals surface area contributed by atoms with E-state index in [1.54, 1.807) is 0 Å². The molecule has 14 heteroatoms. The van der Waals surface area contributed by atoms with Gasteiger partial charge >= 0.3 is 6.18 Å². The molecule has 1 unspecified atom stereocenters. The van der Waals surface area contributed by atoms with Gasteiger partial charge in [-0.05, 0) is 42.2 Å². The van der Waals surface area contributed by atoms with Gasteiger partial charge in [-0.1, -0.05) is 23.7 Å². The number of anilines is 1. The maximum Gasteiger partial charge on any atom is 0.418 e. The number of fused-ring (bicyclic) bond motifs is 2. The van der Waals surface area contributed by atoms with Gasteiger partial charge < -0.3 is 15.8 Å². The summed E-state index contributed by atoms with van der Waals surface area (Å²) < 4.78 is 62.8. The maximum absolute atomic E-state index is 15.2. The second-order valence-corrected chi connectivity index (χ2v) is 10.5. The van der Waals surface area contributed by atoms with Crippen LogP contribution < -0.4 is 15.8 Å². The molecule has 1 saturated heterocycles.